The van der Waals surface area contributed by atoms with Crippen LogP contribution in [0.25, 0.3) is 10.9 Å². The van der Waals surface area contributed by atoms with Gasteiger partial charge in [-0.1, -0.05) is 6.07 Å². The van der Waals surface area contributed by atoms with Crippen molar-refractivity contribution in [1.82, 2.24) is 9.47 Å². The minimum absolute atomic E-state index is 0.329. The zero-order chi connectivity index (χ0) is 19.8. The van der Waals surface area contributed by atoms with E-state index in [1.807, 2.05) is 25.2 Å². The fraction of sp³-hybridized carbons (Fsp3) is 0.600. The molecular formula is C20H28F3N3O. The molecule has 1 aromatic carbocycles. The van der Waals surface area contributed by atoms with Crippen LogP contribution in [0.15, 0.2) is 24.3 Å². The molecule has 1 unspecified atom stereocenters. The first kappa shape index (κ1) is 20.0. The van der Waals surface area contributed by atoms with Crippen molar-refractivity contribution < 1.29 is 18.3 Å². The molecule has 0 aliphatic carbocycles. The summed E-state index contributed by atoms with van der Waals surface area (Å²) < 4.78 is 40.2. The van der Waals surface area contributed by atoms with E-state index in [2.05, 4.69) is 9.80 Å². The molecule has 0 radical (unpaired) electrons. The highest BCUT2D eigenvalue weighted by atomic mass is 19.4. The average molecular weight is 383 g/mol. The van der Waals surface area contributed by atoms with Crippen molar-refractivity contribution in [2.24, 2.45) is 0 Å². The van der Waals surface area contributed by atoms with Gasteiger partial charge < -0.3 is 19.5 Å². The van der Waals surface area contributed by atoms with Gasteiger partial charge in [-0.3, -0.25) is 0 Å². The third kappa shape index (κ3) is 4.58. The molecular weight excluding hydrogens is 355 g/mol. The van der Waals surface area contributed by atoms with Crippen LogP contribution in [0.2, 0.25) is 0 Å². The van der Waals surface area contributed by atoms with Crippen LogP contribution in [0.3, 0.4) is 0 Å². The maximum atomic E-state index is 13.0. The third-order valence-corrected chi connectivity index (χ3v) is 5.47. The molecule has 1 atom stereocenters. The Morgan fingerprint density at radius 1 is 1.26 bits per heavy atom. The number of fused-ring (bicyclic) bond motifs is 1. The van der Waals surface area contributed by atoms with Gasteiger partial charge in [0.1, 0.15) is 6.54 Å². The zero-order valence-corrected chi connectivity index (χ0v) is 16.1. The zero-order valence-electron chi connectivity index (χ0n) is 16.1. The summed E-state index contributed by atoms with van der Waals surface area (Å²) in [6.07, 6.45) is -2.62. The van der Waals surface area contributed by atoms with Crippen molar-refractivity contribution in [2.75, 3.05) is 31.6 Å². The fourth-order valence-corrected chi connectivity index (χ4v) is 4.16. The van der Waals surface area contributed by atoms with Crippen molar-refractivity contribution in [2.45, 2.75) is 51.6 Å². The first-order valence-electron chi connectivity index (χ1n) is 9.44. The molecule has 150 valence electrons. The Morgan fingerprint density at radius 3 is 2.52 bits per heavy atom. The number of benzene rings is 1. The molecule has 1 aromatic heterocycles. The summed E-state index contributed by atoms with van der Waals surface area (Å²) in [5, 5.41) is 10.4. The number of aliphatic hydroxyl groups is 1. The summed E-state index contributed by atoms with van der Waals surface area (Å²) in [5.74, 6) is 0. The lowest BCUT2D eigenvalue weighted by Gasteiger charge is -2.38. The number of nitrogens with zero attached hydrogens (tertiary/aromatic N) is 3. The minimum atomic E-state index is -4.24. The number of likely N-dealkylation sites (tertiary alicyclic amines) is 1. The van der Waals surface area contributed by atoms with Crippen LogP contribution in [0, 0.1) is 6.92 Å². The van der Waals surface area contributed by atoms with Crippen molar-refractivity contribution in [3.05, 3.63) is 30.0 Å². The molecule has 0 saturated carbocycles. The second-order valence-electron chi connectivity index (χ2n) is 7.69. The molecule has 0 amide bonds. The highest BCUT2D eigenvalue weighted by Gasteiger charge is 2.30. The van der Waals surface area contributed by atoms with E-state index in [1.54, 1.807) is 19.9 Å². The van der Waals surface area contributed by atoms with E-state index < -0.39 is 12.7 Å². The van der Waals surface area contributed by atoms with Crippen LogP contribution in [0.1, 0.15) is 25.5 Å². The number of aliphatic hydroxyl groups excluding tert-OH is 1. The van der Waals surface area contributed by atoms with E-state index in [0.717, 1.165) is 37.0 Å². The van der Waals surface area contributed by atoms with Gasteiger partial charge in [-0.15, -0.1) is 0 Å². The quantitative estimate of drug-likeness (QED) is 0.852. The van der Waals surface area contributed by atoms with Gasteiger partial charge in [0, 0.05) is 49.5 Å². The van der Waals surface area contributed by atoms with Crippen molar-refractivity contribution >= 4 is 16.6 Å². The number of anilines is 1. The van der Waals surface area contributed by atoms with E-state index in [4.69, 9.17) is 0 Å². The Kier molecular flexibility index (Phi) is 5.72. The van der Waals surface area contributed by atoms with E-state index >= 15 is 0 Å². The molecule has 1 aliphatic rings. The molecule has 1 N–H and O–H groups in total. The Hall–Kier alpha value is -1.73. The van der Waals surface area contributed by atoms with Gasteiger partial charge in [0.05, 0.1) is 11.6 Å². The Bertz CT molecular complexity index is 777. The number of hydrogen-bond donors (Lipinski definition) is 1. The molecule has 4 nitrogen and oxygen atoms in total. The number of β-amino-alcohol motifs (C(OH)–C–C–N with tert-alkyl or cyclic N) is 1. The van der Waals surface area contributed by atoms with E-state index in [-0.39, 0.29) is 6.10 Å². The predicted molar refractivity (Wildman–Crippen MR) is 102 cm³/mol. The first-order valence-corrected chi connectivity index (χ1v) is 9.44. The number of alkyl halides is 3. The maximum Gasteiger partial charge on any atom is 0.406 e. The van der Waals surface area contributed by atoms with Crippen molar-refractivity contribution in [3.8, 4) is 0 Å². The SMILES string of the molecule is Cc1cc2c(N(C)C3CCN(CC(C)O)CC3)cccc2n1CC(F)(F)F. The number of hydrogen-bond acceptors (Lipinski definition) is 3. The van der Waals surface area contributed by atoms with Gasteiger partial charge in [0.25, 0.3) is 0 Å². The maximum absolute atomic E-state index is 13.0. The smallest absolute Gasteiger partial charge is 0.392 e. The third-order valence-electron chi connectivity index (χ3n) is 5.47. The summed E-state index contributed by atoms with van der Waals surface area (Å²) >= 11 is 0. The Labute approximate surface area is 158 Å². The van der Waals surface area contributed by atoms with Crippen molar-refractivity contribution in [3.63, 3.8) is 0 Å². The largest absolute Gasteiger partial charge is 0.406 e. The lowest BCUT2D eigenvalue weighted by atomic mass is 10.0. The average Bonchev–Trinajstić information content (AvgIpc) is 2.89. The van der Waals surface area contributed by atoms with Crippen LogP contribution < -0.4 is 4.90 Å². The number of aromatic nitrogens is 1. The monoisotopic (exact) mass is 383 g/mol. The molecule has 2 heterocycles. The standard InChI is InChI=1S/C20H28F3N3O/c1-14-11-17-18(5-4-6-19(17)26(14)13-20(21,22)23)24(3)16-7-9-25(10-8-16)12-15(2)27/h4-6,11,15-16,27H,7-10,12-13H2,1-3H3. The van der Waals surface area contributed by atoms with Crippen LogP contribution in [0.4, 0.5) is 18.9 Å². The van der Waals surface area contributed by atoms with Gasteiger partial charge in [-0.25, -0.2) is 0 Å². The normalized spacial score (nSPS) is 18.2. The molecule has 1 saturated heterocycles. The van der Waals surface area contributed by atoms with Crippen molar-refractivity contribution in [1.29, 1.82) is 0 Å². The second-order valence-corrected chi connectivity index (χ2v) is 7.69. The lowest BCUT2D eigenvalue weighted by molar-refractivity contribution is -0.140. The molecule has 7 heteroatoms. The number of aryl methyl sites for hydroxylation is 1. The van der Waals surface area contributed by atoms with E-state index in [0.29, 0.717) is 23.8 Å². The molecule has 0 spiro atoms. The summed E-state index contributed by atoms with van der Waals surface area (Å²) in [5.41, 5.74) is 2.22. The summed E-state index contributed by atoms with van der Waals surface area (Å²) in [7, 11) is 2.03. The topological polar surface area (TPSA) is 31.6 Å². The molecule has 2 aromatic rings. The van der Waals surface area contributed by atoms with Gasteiger partial charge >= 0.3 is 6.18 Å². The Morgan fingerprint density at radius 2 is 1.93 bits per heavy atom. The van der Waals surface area contributed by atoms with Gasteiger partial charge in [0.2, 0.25) is 0 Å². The van der Waals surface area contributed by atoms with Crippen LogP contribution in [-0.2, 0) is 6.54 Å². The van der Waals surface area contributed by atoms with Crippen LogP contribution in [0.5, 0.6) is 0 Å². The predicted octanol–water partition coefficient (Wildman–Crippen LogP) is 3.79. The minimum Gasteiger partial charge on any atom is -0.392 e. The highest BCUT2D eigenvalue weighted by Crippen LogP contribution is 2.33. The number of rotatable bonds is 5. The number of piperidine rings is 1. The molecule has 27 heavy (non-hydrogen) atoms. The van der Waals surface area contributed by atoms with Crippen LogP contribution >= 0.6 is 0 Å². The lowest BCUT2D eigenvalue weighted by Crippen LogP contribution is -2.45. The molecule has 1 fully saturated rings. The van der Waals surface area contributed by atoms with Gasteiger partial charge in [-0.05, 0) is 44.9 Å². The summed E-state index contributed by atoms with van der Waals surface area (Å²) in [6, 6.07) is 7.78. The van der Waals surface area contributed by atoms with E-state index in [9.17, 15) is 18.3 Å². The first-order chi connectivity index (χ1) is 12.7. The van der Waals surface area contributed by atoms with E-state index in [1.165, 1.54) is 4.57 Å². The summed E-state index contributed by atoms with van der Waals surface area (Å²) in [6.45, 7) is 5.09. The Balaban J connectivity index is 1.82. The van der Waals surface area contributed by atoms with Gasteiger partial charge in [-0.2, -0.15) is 13.2 Å². The fourth-order valence-electron chi connectivity index (χ4n) is 4.16. The molecule has 1 aliphatic heterocycles. The molecule has 0 bridgehead atoms. The summed E-state index contributed by atoms with van der Waals surface area (Å²) in [4.78, 5) is 4.47. The second kappa shape index (κ2) is 7.72. The number of halogens is 3. The highest BCUT2D eigenvalue weighted by molar-refractivity contribution is 5.93. The van der Waals surface area contributed by atoms with Crippen LogP contribution in [-0.4, -0.2) is 59.6 Å². The molecule has 3 rings (SSSR count). The van der Waals surface area contributed by atoms with Gasteiger partial charge in [0.15, 0.2) is 0 Å².